The van der Waals surface area contributed by atoms with E-state index >= 15 is 0 Å². The van der Waals surface area contributed by atoms with Gasteiger partial charge < -0.3 is 10.6 Å². The Kier molecular flexibility index (Phi) is 7.14. The molecule has 0 aliphatic heterocycles. The van der Waals surface area contributed by atoms with Gasteiger partial charge >= 0.3 is 11.8 Å². The summed E-state index contributed by atoms with van der Waals surface area (Å²) in [6.45, 7) is 3.18. The SMILES string of the molecule is CCCCNC(=O)C(=O)NCCC1=CCCCC1. The Morgan fingerprint density at radius 3 is 2.50 bits per heavy atom. The van der Waals surface area contributed by atoms with Crippen molar-refractivity contribution < 1.29 is 9.59 Å². The Balaban J connectivity index is 2.12. The van der Waals surface area contributed by atoms with Crippen LogP contribution in [0.5, 0.6) is 0 Å². The maximum absolute atomic E-state index is 11.4. The van der Waals surface area contributed by atoms with E-state index in [9.17, 15) is 9.59 Å². The number of nitrogens with one attached hydrogen (secondary N) is 2. The van der Waals surface area contributed by atoms with Crippen LogP contribution in [0.25, 0.3) is 0 Å². The molecule has 0 aromatic heterocycles. The van der Waals surface area contributed by atoms with Gasteiger partial charge in [-0.2, -0.15) is 0 Å². The molecular weight excluding hydrogens is 228 g/mol. The van der Waals surface area contributed by atoms with E-state index in [1.165, 1.54) is 18.4 Å². The van der Waals surface area contributed by atoms with Crippen LogP contribution in [-0.2, 0) is 9.59 Å². The lowest BCUT2D eigenvalue weighted by molar-refractivity contribution is -0.139. The van der Waals surface area contributed by atoms with E-state index in [0.29, 0.717) is 13.1 Å². The Bertz CT molecular complexity index is 311. The summed E-state index contributed by atoms with van der Waals surface area (Å²) in [5.41, 5.74) is 1.41. The summed E-state index contributed by atoms with van der Waals surface area (Å²) < 4.78 is 0. The smallest absolute Gasteiger partial charge is 0.309 e. The molecule has 0 aromatic rings. The van der Waals surface area contributed by atoms with Gasteiger partial charge in [0.1, 0.15) is 0 Å². The fraction of sp³-hybridized carbons (Fsp3) is 0.714. The number of carbonyl (C=O) groups excluding carboxylic acids is 2. The van der Waals surface area contributed by atoms with Gasteiger partial charge in [0, 0.05) is 13.1 Å². The predicted octanol–water partition coefficient (Wildman–Crippen LogP) is 1.91. The highest BCUT2D eigenvalue weighted by Crippen LogP contribution is 2.19. The third-order valence-corrected chi connectivity index (χ3v) is 3.14. The molecule has 0 heterocycles. The van der Waals surface area contributed by atoms with Gasteiger partial charge in [-0.1, -0.05) is 25.0 Å². The van der Waals surface area contributed by atoms with Crippen LogP contribution in [0.3, 0.4) is 0 Å². The first kappa shape index (κ1) is 14.7. The molecule has 102 valence electrons. The molecule has 2 amide bonds. The van der Waals surface area contributed by atoms with Gasteiger partial charge in [0.05, 0.1) is 0 Å². The van der Waals surface area contributed by atoms with E-state index < -0.39 is 11.8 Å². The van der Waals surface area contributed by atoms with Crippen molar-refractivity contribution in [2.75, 3.05) is 13.1 Å². The zero-order chi connectivity index (χ0) is 13.2. The number of hydrogen-bond acceptors (Lipinski definition) is 2. The second-order valence-corrected chi connectivity index (χ2v) is 4.72. The molecule has 0 spiro atoms. The lowest BCUT2D eigenvalue weighted by atomic mass is 9.97. The third kappa shape index (κ3) is 5.84. The average molecular weight is 252 g/mol. The molecular formula is C14H24N2O2. The second-order valence-electron chi connectivity index (χ2n) is 4.72. The molecule has 0 atom stereocenters. The van der Waals surface area contributed by atoms with Crippen molar-refractivity contribution in [1.29, 1.82) is 0 Å². The average Bonchev–Trinajstić information content (AvgIpc) is 2.40. The van der Waals surface area contributed by atoms with E-state index in [1.807, 2.05) is 6.92 Å². The molecule has 1 aliphatic rings. The van der Waals surface area contributed by atoms with Crippen molar-refractivity contribution in [2.45, 2.75) is 51.9 Å². The highest BCUT2D eigenvalue weighted by Gasteiger charge is 2.12. The lowest BCUT2D eigenvalue weighted by Crippen LogP contribution is -2.40. The fourth-order valence-corrected chi connectivity index (χ4v) is 2.01. The molecule has 0 fully saturated rings. The van der Waals surface area contributed by atoms with Crippen molar-refractivity contribution in [3.63, 3.8) is 0 Å². The molecule has 0 radical (unpaired) electrons. The predicted molar refractivity (Wildman–Crippen MR) is 72.1 cm³/mol. The summed E-state index contributed by atoms with van der Waals surface area (Å²) in [5, 5.41) is 5.27. The minimum atomic E-state index is -0.513. The van der Waals surface area contributed by atoms with Gasteiger partial charge in [-0.05, 0) is 38.5 Å². The molecule has 0 unspecified atom stereocenters. The van der Waals surface area contributed by atoms with Crippen molar-refractivity contribution in [1.82, 2.24) is 10.6 Å². The maximum Gasteiger partial charge on any atom is 0.309 e. The summed E-state index contributed by atoms with van der Waals surface area (Å²) in [4.78, 5) is 22.8. The van der Waals surface area contributed by atoms with Gasteiger partial charge in [-0.3, -0.25) is 9.59 Å². The first-order chi connectivity index (χ1) is 8.74. The summed E-state index contributed by atoms with van der Waals surface area (Å²) in [6, 6.07) is 0. The van der Waals surface area contributed by atoms with Crippen molar-refractivity contribution in [3.05, 3.63) is 11.6 Å². The van der Waals surface area contributed by atoms with Crippen molar-refractivity contribution in [2.24, 2.45) is 0 Å². The van der Waals surface area contributed by atoms with Crippen molar-refractivity contribution >= 4 is 11.8 Å². The number of unbranched alkanes of at least 4 members (excludes halogenated alkanes) is 1. The molecule has 1 aliphatic carbocycles. The van der Waals surface area contributed by atoms with Gasteiger partial charge in [-0.15, -0.1) is 0 Å². The Morgan fingerprint density at radius 1 is 1.17 bits per heavy atom. The monoisotopic (exact) mass is 252 g/mol. The second kappa shape index (κ2) is 8.72. The standard InChI is InChI=1S/C14H24N2O2/c1-2-3-10-15-13(17)14(18)16-11-9-12-7-5-4-6-8-12/h7H,2-6,8-11H2,1H3,(H,15,17)(H,16,18). The fourth-order valence-electron chi connectivity index (χ4n) is 2.01. The number of hydrogen-bond donors (Lipinski definition) is 2. The van der Waals surface area contributed by atoms with E-state index in [0.717, 1.165) is 32.1 Å². The quantitative estimate of drug-likeness (QED) is 0.431. The first-order valence-electron chi connectivity index (χ1n) is 6.98. The Hall–Kier alpha value is -1.32. The summed E-state index contributed by atoms with van der Waals surface area (Å²) in [6.07, 6.45) is 9.86. The zero-order valence-electron chi connectivity index (χ0n) is 11.3. The molecule has 0 bridgehead atoms. The maximum atomic E-state index is 11.4. The molecule has 0 saturated heterocycles. The molecule has 2 N–H and O–H groups in total. The Labute approximate surface area is 109 Å². The topological polar surface area (TPSA) is 58.2 Å². The number of allylic oxidation sites excluding steroid dienone is 1. The van der Waals surface area contributed by atoms with Gasteiger partial charge in [-0.25, -0.2) is 0 Å². The molecule has 0 saturated carbocycles. The van der Waals surface area contributed by atoms with Crippen LogP contribution in [0.2, 0.25) is 0 Å². The molecule has 0 aromatic carbocycles. The van der Waals surface area contributed by atoms with Crippen LogP contribution >= 0.6 is 0 Å². The van der Waals surface area contributed by atoms with Crippen LogP contribution in [0, 0.1) is 0 Å². The number of rotatable bonds is 6. The van der Waals surface area contributed by atoms with E-state index in [-0.39, 0.29) is 0 Å². The number of carbonyl (C=O) groups is 2. The minimum absolute atomic E-state index is 0.512. The van der Waals surface area contributed by atoms with Gasteiger partial charge in [0.15, 0.2) is 0 Å². The van der Waals surface area contributed by atoms with E-state index in [2.05, 4.69) is 16.7 Å². The Morgan fingerprint density at radius 2 is 1.89 bits per heavy atom. The zero-order valence-corrected chi connectivity index (χ0v) is 11.3. The highest BCUT2D eigenvalue weighted by atomic mass is 16.2. The van der Waals surface area contributed by atoms with Crippen LogP contribution < -0.4 is 10.6 Å². The molecule has 4 nitrogen and oxygen atoms in total. The molecule has 18 heavy (non-hydrogen) atoms. The first-order valence-corrected chi connectivity index (χ1v) is 6.98. The van der Waals surface area contributed by atoms with Crippen LogP contribution in [-0.4, -0.2) is 24.9 Å². The normalized spacial score (nSPS) is 14.8. The summed E-state index contributed by atoms with van der Waals surface area (Å²) >= 11 is 0. The van der Waals surface area contributed by atoms with Gasteiger partial charge in [0.2, 0.25) is 0 Å². The molecule has 4 heteroatoms. The van der Waals surface area contributed by atoms with Crippen LogP contribution in [0.1, 0.15) is 51.9 Å². The molecule has 1 rings (SSSR count). The van der Waals surface area contributed by atoms with Crippen LogP contribution in [0.15, 0.2) is 11.6 Å². The summed E-state index contributed by atoms with van der Waals surface area (Å²) in [7, 11) is 0. The minimum Gasteiger partial charge on any atom is -0.348 e. The van der Waals surface area contributed by atoms with Crippen molar-refractivity contribution in [3.8, 4) is 0 Å². The lowest BCUT2D eigenvalue weighted by Gasteiger charge is -2.12. The highest BCUT2D eigenvalue weighted by molar-refractivity contribution is 6.35. The third-order valence-electron chi connectivity index (χ3n) is 3.14. The van der Waals surface area contributed by atoms with Crippen LogP contribution in [0.4, 0.5) is 0 Å². The van der Waals surface area contributed by atoms with E-state index in [4.69, 9.17) is 0 Å². The van der Waals surface area contributed by atoms with E-state index in [1.54, 1.807) is 0 Å². The van der Waals surface area contributed by atoms with Gasteiger partial charge in [0.25, 0.3) is 0 Å². The summed E-state index contributed by atoms with van der Waals surface area (Å²) in [5.74, 6) is -1.02. The number of amides is 2. The largest absolute Gasteiger partial charge is 0.348 e.